The Kier molecular flexibility index (Phi) is 5.31. The van der Waals surface area contributed by atoms with Gasteiger partial charge in [0, 0.05) is 30.0 Å². The number of carbonyl (C=O) groups is 1. The number of amides is 1. The molecule has 1 aliphatic carbocycles. The van der Waals surface area contributed by atoms with Gasteiger partial charge in [-0.05, 0) is 31.0 Å². The van der Waals surface area contributed by atoms with E-state index >= 15 is 0 Å². The first kappa shape index (κ1) is 16.3. The van der Waals surface area contributed by atoms with E-state index in [0.717, 1.165) is 29.8 Å². The Hall–Kier alpha value is -2.56. The molecular formula is C19H23N3O2. The summed E-state index contributed by atoms with van der Waals surface area (Å²) in [4.78, 5) is 16.5. The molecule has 3 rings (SSSR count). The number of methoxy groups -OCH3 is 1. The number of benzene rings is 1. The molecule has 0 unspecified atom stereocenters. The summed E-state index contributed by atoms with van der Waals surface area (Å²) < 4.78 is 5.35. The predicted molar refractivity (Wildman–Crippen MR) is 94.3 cm³/mol. The van der Waals surface area contributed by atoms with Crippen molar-refractivity contribution < 1.29 is 9.53 Å². The van der Waals surface area contributed by atoms with E-state index in [4.69, 9.17) is 4.74 Å². The third kappa shape index (κ3) is 4.04. The molecule has 5 heteroatoms. The van der Waals surface area contributed by atoms with Crippen LogP contribution in [0.2, 0.25) is 0 Å². The Morgan fingerprint density at radius 2 is 2.04 bits per heavy atom. The van der Waals surface area contributed by atoms with Gasteiger partial charge in [0.15, 0.2) is 0 Å². The first-order valence-corrected chi connectivity index (χ1v) is 8.39. The smallest absolute Gasteiger partial charge is 0.270 e. The molecule has 1 saturated carbocycles. The average molecular weight is 325 g/mol. The summed E-state index contributed by atoms with van der Waals surface area (Å²) in [6.45, 7) is 0.623. The largest absolute Gasteiger partial charge is 0.496 e. The zero-order valence-corrected chi connectivity index (χ0v) is 13.9. The van der Waals surface area contributed by atoms with E-state index in [-0.39, 0.29) is 5.91 Å². The van der Waals surface area contributed by atoms with Crippen molar-refractivity contribution >= 4 is 11.6 Å². The number of aromatic nitrogens is 1. The summed E-state index contributed by atoms with van der Waals surface area (Å²) in [6.07, 6.45) is 6.18. The van der Waals surface area contributed by atoms with Crippen molar-refractivity contribution in [3.63, 3.8) is 0 Å². The number of rotatable bonds is 6. The Morgan fingerprint density at radius 1 is 1.25 bits per heavy atom. The van der Waals surface area contributed by atoms with Crippen LogP contribution >= 0.6 is 0 Å². The first-order chi connectivity index (χ1) is 11.8. The molecule has 24 heavy (non-hydrogen) atoms. The maximum atomic E-state index is 12.3. The molecule has 1 aliphatic rings. The second-order valence-electron chi connectivity index (χ2n) is 6.05. The molecule has 5 nitrogen and oxygen atoms in total. The third-order valence-electron chi connectivity index (χ3n) is 4.36. The normalized spacial score (nSPS) is 14.4. The summed E-state index contributed by atoms with van der Waals surface area (Å²) in [5.41, 5.74) is 2.38. The van der Waals surface area contributed by atoms with Crippen LogP contribution in [0.1, 0.15) is 41.7 Å². The molecule has 1 aromatic carbocycles. The van der Waals surface area contributed by atoms with Gasteiger partial charge in [-0.1, -0.05) is 31.0 Å². The molecule has 0 radical (unpaired) electrons. The van der Waals surface area contributed by atoms with Crippen molar-refractivity contribution in [1.82, 2.24) is 10.3 Å². The average Bonchev–Trinajstić information content (AvgIpc) is 3.13. The van der Waals surface area contributed by atoms with Crippen molar-refractivity contribution in [3.8, 4) is 5.75 Å². The fraction of sp³-hybridized carbons (Fsp3) is 0.368. The highest BCUT2D eigenvalue weighted by atomic mass is 16.5. The molecule has 2 aromatic rings. The van der Waals surface area contributed by atoms with Crippen molar-refractivity contribution in [1.29, 1.82) is 0 Å². The summed E-state index contributed by atoms with van der Waals surface area (Å²) in [5, 5.41) is 6.39. The standard InChI is InChI=1S/C19H23N3O2/c1-24-18-9-5-2-6-14(18)13-21-16-10-11-20-17(12-16)19(23)22-15-7-3-4-8-15/h2,5-6,9-12,15H,3-4,7-8,13H2,1H3,(H,20,21)(H,22,23). The molecule has 1 aromatic heterocycles. The lowest BCUT2D eigenvalue weighted by Crippen LogP contribution is -2.33. The molecule has 0 aliphatic heterocycles. The third-order valence-corrected chi connectivity index (χ3v) is 4.36. The summed E-state index contributed by atoms with van der Waals surface area (Å²) in [5.74, 6) is 0.751. The second-order valence-corrected chi connectivity index (χ2v) is 6.05. The monoisotopic (exact) mass is 325 g/mol. The lowest BCUT2D eigenvalue weighted by Gasteiger charge is -2.13. The van der Waals surface area contributed by atoms with E-state index in [1.807, 2.05) is 30.3 Å². The molecule has 0 saturated heterocycles. The number of para-hydroxylation sites is 1. The zero-order chi connectivity index (χ0) is 16.8. The predicted octanol–water partition coefficient (Wildman–Crippen LogP) is 3.37. The Labute approximate surface area is 142 Å². The van der Waals surface area contributed by atoms with Crippen LogP contribution in [0, 0.1) is 0 Å². The van der Waals surface area contributed by atoms with Crippen LogP contribution in [0.4, 0.5) is 5.69 Å². The van der Waals surface area contributed by atoms with Crippen LogP contribution in [0.15, 0.2) is 42.6 Å². The van der Waals surface area contributed by atoms with E-state index < -0.39 is 0 Å². The van der Waals surface area contributed by atoms with Crippen molar-refractivity contribution in [2.75, 3.05) is 12.4 Å². The van der Waals surface area contributed by atoms with Crippen molar-refractivity contribution in [2.45, 2.75) is 38.3 Å². The highest BCUT2D eigenvalue weighted by molar-refractivity contribution is 5.93. The van der Waals surface area contributed by atoms with Crippen LogP contribution in [0.25, 0.3) is 0 Å². The number of hydrogen-bond acceptors (Lipinski definition) is 4. The number of hydrogen-bond donors (Lipinski definition) is 2. The van der Waals surface area contributed by atoms with Gasteiger partial charge >= 0.3 is 0 Å². The SMILES string of the molecule is COc1ccccc1CNc1ccnc(C(=O)NC2CCCC2)c1. The first-order valence-electron chi connectivity index (χ1n) is 8.39. The van der Waals surface area contributed by atoms with E-state index in [2.05, 4.69) is 15.6 Å². The maximum absolute atomic E-state index is 12.3. The topological polar surface area (TPSA) is 63.2 Å². The second kappa shape index (κ2) is 7.81. The Morgan fingerprint density at radius 3 is 2.83 bits per heavy atom. The van der Waals surface area contributed by atoms with Gasteiger partial charge < -0.3 is 15.4 Å². The van der Waals surface area contributed by atoms with E-state index in [9.17, 15) is 4.79 Å². The van der Waals surface area contributed by atoms with Crippen molar-refractivity contribution in [2.24, 2.45) is 0 Å². The zero-order valence-electron chi connectivity index (χ0n) is 13.9. The summed E-state index contributed by atoms with van der Waals surface area (Å²) >= 11 is 0. The number of nitrogens with one attached hydrogen (secondary N) is 2. The van der Waals surface area contributed by atoms with E-state index in [1.54, 1.807) is 19.4 Å². The Balaban J connectivity index is 1.63. The summed E-state index contributed by atoms with van der Waals surface area (Å²) in [6, 6.07) is 11.8. The highest BCUT2D eigenvalue weighted by Gasteiger charge is 2.18. The minimum Gasteiger partial charge on any atom is -0.496 e. The van der Waals surface area contributed by atoms with Crippen LogP contribution in [0.3, 0.4) is 0 Å². The lowest BCUT2D eigenvalue weighted by atomic mass is 10.2. The molecular weight excluding hydrogens is 302 g/mol. The Bertz CT molecular complexity index is 697. The number of ether oxygens (including phenoxy) is 1. The van der Waals surface area contributed by atoms with E-state index in [1.165, 1.54) is 12.8 Å². The number of anilines is 1. The van der Waals surface area contributed by atoms with Crippen LogP contribution in [-0.4, -0.2) is 24.0 Å². The fourth-order valence-corrected chi connectivity index (χ4v) is 3.04. The van der Waals surface area contributed by atoms with Crippen LogP contribution in [-0.2, 0) is 6.54 Å². The van der Waals surface area contributed by atoms with Gasteiger partial charge in [0.2, 0.25) is 0 Å². The molecule has 0 atom stereocenters. The molecule has 2 N–H and O–H groups in total. The molecule has 126 valence electrons. The molecule has 1 heterocycles. The number of nitrogens with zero attached hydrogens (tertiary/aromatic N) is 1. The maximum Gasteiger partial charge on any atom is 0.270 e. The number of pyridine rings is 1. The van der Waals surface area contributed by atoms with Gasteiger partial charge in [0.25, 0.3) is 5.91 Å². The minimum absolute atomic E-state index is 0.0946. The molecule has 0 spiro atoms. The number of carbonyl (C=O) groups excluding carboxylic acids is 1. The van der Waals surface area contributed by atoms with E-state index in [0.29, 0.717) is 18.3 Å². The van der Waals surface area contributed by atoms with Crippen molar-refractivity contribution in [3.05, 3.63) is 53.9 Å². The highest BCUT2D eigenvalue weighted by Crippen LogP contribution is 2.20. The molecule has 1 fully saturated rings. The molecule has 1 amide bonds. The van der Waals surface area contributed by atoms with Gasteiger partial charge in [-0.15, -0.1) is 0 Å². The van der Waals surface area contributed by atoms with Gasteiger partial charge in [-0.3, -0.25) is 9.78 Å². The van der Waals surface area contributed by atoms with Gasteiger partial charge in [0.1, 0.15) is 11.4 Å². The quantitative estimate of drug-likeness (QED) is 0.855. The molecule has 0 bridgehead atoms. The van der Waals surface area contributed by atoms with Crippen LogP contribution in [0.5, 0.6) is 5.75 Å². The minimum atomic E-state index is -0.0946. The lowest BCUT2D eigenvalue weighted by molar-refractivity contribution is 0.0933. The van der Waals surface area contributed by atoms with Crippen LogP contribution < -0.4 is 15.4 Å². The van der Waals surface area contributed by atoms with Gasteiger partial charge in [0.05, 0.1) is 7.11 Å². The van der Waals surface area contributed by atoms with Gasteiger partial charge in [-0.2, -0.15) is 0 Å². The van der Waals surface area contributed by atoms with Gasteiger partial charge in [-0.25, -0.2) is 0 Å². The fourth-order valence-electron chi connectivity index (χ4n) is 3.04. The summed E-state index contributed by atoms with van der Waals surface area (Å²) in [7, 11) is 1.66.